The van der Waals surface area contributed by atoms with E-state index in [-0.39, 0.29) is 16.8 Å². The number of hydrogen-bond donors (Lipinski definition) is 2. The van der Waals surface area contributed by atoms with Crippen molar-refractivity contribution in [3.63, 3.8) is 0 Å². The minimum absolute atomic E-state index is 0.0611. The highest BCUT2D eigenvalue weighted by Gasteiger charge is 2.15. The molecule has 0 saturated heterocycles. The van der Waals surface area contributed by atoms with Crippen molar-refractivity contribution in [3.8, 4) is 0 Å². The zero-order chi connectivity index (χ0) is 12.9. The first-order valence-electron chi connectivity index (χ1n) is 5.00. The average molecular weight is 264 g/mol. The van der Waals surface area contributed by atoms with E-state index < -0.39 is 5.97 Å². The summed E-state index contributed by atoms with van der Waals surface area (Å²) < 4.78 is 1.35. The molecule has 18 heavy (non-hydrogen) atoms. The van der Waals surface area contributed by atoms with Gasteiger partial charge in [0, 0.05) is 5.02 Å². The fourth-order valence-corrected chi connectivity index (χ4v) is 2.02. The summed E-state index contributed by atoms with van der Waals surface area (Å²) in [6, 6.07) is 4.72. The van der Waals surface area contributed by atoms with Crippen LogP contribution < -0.4 is 5.56 Å². The number of fused-ring (bicyclic) bond motifs is 3. The molecule has 0 fully saturated rings. The van der Waals surface area contributed by atoms with E-state index in [1.54, 1.807) is 18.2 Å². The van der Waals surface area contributed by atoms with Crippen LogP contribution in [0.1, 0.15) is 10.4 Å². The molecule has 0 aliphatic carbocycles. The van der Waals surface area contributed by atoms with Gasteiger partial charge in [0.1, 0.15) is 5.56 Å². The van der Waals surface area contributed by atoms with Gasteiger partial charge in [-0.3, -0.25) is 4.79 Å². The van der Waals surface area contributed by atoms with Gasteiger partial charge >= 0.3 is 5.97 Å². The van der Waals surface area contributed by atoms with Gasteiger partial charge in [-0.2, -0.15) is 5.10 Å². The molecule has 0 unspecified atom stereocenters. The molecule has 0 atom stereocenters. The molecule has 0 aliphatic rings. The minimum atomic E-state index is -1.15. The summed E-state index contributed by atoms with van der Waals surface area (Å²) >= 11 is 5.87. The Balaban J connectivity index is 2.58. The molecule has 0 aliphatic heterocycles. The number of carbonyl (C=O) groups is 1. The van der Waals surface area contributed by atoms with E-state index in [1.165, 1.54) is 10.7 Å². The Hall–Kier alpha value is -2.34. The van der Waals surface area contributed by atoms with Crippen molar-refractivity contribution in [1.29, 1.82) is 0 Å². The zero-order valence-electron chi connectivity index (χ0n) is 8.85. The lowest BCUT2D eigenvalue weighted by Crippen LogP contribution is -2.11. The highest BCUT2D eigenvalue weighted by molar-refractivity contribution is 6.31. The van der Waals surface area contributed by atoms with Crippen molar-refractivity contribution < 1.29 is 9.90 Å². The van der Waals surface area contributed by atoms with Crippen molar-refractivity contribution in [2.75, 3.05) is 0 Å². The van der Waals surface area contributed by atoms with Crippen LogP contribution in [0, 0.1) is 0 Å². The summed E-state index contributed by atoms with van der Waals surface area (Å²) in [5.74, 6) is -1.15. The predicted octanol–water partition coefficient (Wildman–Crippen LogP) is 1.53. The zero-order valence-corrected chi connectivity index (χ0v) is 9.60. The van der Waals surface area contributed by atoms with Gasteiger partial charge in [0.15, 0.2) is 5.65 Å². The Labute approximate surface area is 104 Å². The van der Waals surface area contributed by atoms with E-state index in [0.29, 0.717) is 15.9 Å². The number of aromatic nitrogens is 3. The van der Waals surface area contributed by atoms with Crippen LogP contribution in [0.5, 0.6) is 0 Å². The van der Waals surface area contributed by atoms with E-state index in [1.807, 2.05) is 0 Å². The molecule has 1 aromatic carbocycles. The number of rotatable bonds is 1. The highest BCUT2D eigenvalue weighted by atomic mass is 35.5. The molecule has 0 spiro atoms. The quantitative estimate of drug-likeness (QED) is 0.697. The van der Waals surface area contributed by atoms with E-state index in [9.17, 15) is 9.59 Å². The SMILES string of the molecule is O=C(O)c1cnn2c1[nH]c(=O)c1ccc(Cl)cc12. The maximum atomic E-state index is 11.8. The standard InChI is InChI=1S/C11H6ClN3O3/c12-5-1-2-6-8(3-5)15-9(14-10(6)16)7(4-13-15)11(17)18/h1-4H,(H,14,16)(H,17,18). The number of carboxylic acid groups (broad SMARTS) is 1. The third-order valence-electron chi connectivity index (χ3n) is 2.66. The molecule has 2 heterocycles. The minimum Gasteiger partial charge on any atom is -0.477 e. The number of nitrogens with one attached hydrogen (secondary N) is 1. The number of benzene rings is 1. The van der Waals surface area contributed by atoms with Crippen LogP contribution in [0.4, 0.5) is 0 Å². The molecule has 90 valence electrons. The number of aromatic carboxylic acids is 1. The first-order chi connectivity index (χ1) is 8.58. The van der Waals surface area contributed by atoms with Crippen LogP contribution in [0.25, 0.3) is 16.6 Å². The summed E-state index contributed by atoms with van der Waals surface area (Å²) in [6.45, 7) is 0. The Bertz CT molecular complexity index is 850. The maximum Gasteiger partial charge on any atom is 0.341 e. The molecule has 0 radical (unpaired) electrons. The Morgan fingerprint density at radius 2 is 2.22 bits per heavy atom. The Kier molecular flexibility index (Phi) is 2.14. The first kappa shape index (κ1) is 10.8. The normalized spacial score (nSPS) is 11.2. The number of halogens is 1. The van der Waals surface area contributed by atoms with Crippen molar-refractivity contribution in [3.05, 3.63) is 45.3 Å². The largest absolute Gasteiger partial charge is 0.477 e. The van der Waals surface area contributed by atoms with Crippen LogP contribution in [0.3, 0.4) is 0 Å². The summed E-state index contributed by atoms with van der Waals surface area (Å²) in [5.41, 5.74) is 0.169. The van der Waals surface area contributed by atoms with E-state index in [2.05, 4.69) is 10.1 Å². The van der Waals surface area contributed by atoms with Crippen LogP contribution in [-0.4, -0.2) is 25.7 Å². The highest BCUT2D eigenvalue weighted by Crippen LogP contribution is 2.18. The van der Waals surface area contributed by atoms with Gasteiger partial charge < -0.3 is 10.1 Å². The van der Waals surface area contributed by atoms with Crippen molar-refractivity contribution in [2.45, 2.75) is 0 Å². The molecule has 0 saturated carbocycles. The molecule has 0 bridgehead atoms. The second-order valence-electron chi connectivity index (χ2n) is 3.74. The summed E-state index contributed by atoms with van der Waals surface area (Å²) in [6.07, 6.45) is 1.19. The number of aromatic amines is 1. The molecule has 3 rings (SSSR count). The fourth-order valence-electron chi connectivity index (χ4n) is 1.85. The number of hydrogen-bond acceptors (Lipinski definition) is 3. The van der Waals surface area contributed by atoms with Gasteiger partial charge in [0.05, 0.1) is 17.1 Å². The van der Waals surface area contributed by atoms with Gasteiger partial charge in [-0.05, 0) is 18.2 Å². The maximum absolute atomic E-state index is 11.8. The average Bonchev–Trinajstić information content (AvgIpc) is 2.72. The number of H-pyrrole nitrogens is 1. The monoisotopic (exact) mass is 263 g/mol. The lowest BCUT2D eigenvalue weighted by atomic mass is 10.2. The van der Waals surface area contributed by atoms with E-state index in [0.717, 1.165) is 0 Å². The van der Waals surface area contributed by atoms with E-state index in [4.69, 9.17) is 16.7 Å². The Morgan fingerprint density at radius 1 is 1.44 bits per heavy atom. The number of carboxylic acids is 1. The summed E-state index contributed by atoms with van der Waals surface area (Å²) in [7, 11) is 0. The smallest absolute Gasteiger partial charge is 0.341 e. The molecule has 7 heteroatoms. The van der Waals surface area contributed by atoms with Crippen LogP contribution >= 0.6 is 11.6 Å². The topological polar surface area (TPSA) is 87.5 Å². The summed E-state index contributed by atoms with van der Waals surface area (Å²) in [5, 5.41) is 13.8. The lowest BCUT2D eigenvalue weighted by molar-refractivity contribution is 0.0699. The first-order valence-corrected chi connectivity index (χ1v) is 5.38. The molecular formula is C11H6ClN3O3. The van der Waals surface area contributed by atoms with E-state index >= 15 is 0 Å². The van der Waals surface area contributed by atoms with Crippen LogP contribution in [-0.2, 0) is 0 Å². The third-order valence-corrected chi connectivity index (χ3v) is 2.90. The number of nitrogens with zero attached hydrogens (tertiary/aromatic N) is 2. The second kappa shape index (κ2) is 3.58. The van der Waals surface area contributed by atoms with Crippen molar-refractivity contribution in [1.82, 2.24) is 14.6 Å². The van der Waals surface area contributed by atoms with Gasteiger partial charge in [-0.15, -0.1) is 0 Å². The molecule has 3 aromatic rings. The molecule has 2 aromatic heterocycles. The van der Waals surface area contributed by atoms with Gasteiger partial charge in [0.2, 0.25) is 0 Å². The summed E-state index contributed by atoms with van der Waals surface area (Å²) in [4.78, 5) is 25.3. The molecule has 0 amide bonds. The van der Waals surface area contributed by atoms with Gasteiger partial charge in [-0.1, -0.05) is 11.6 Å². The molecular weight excluding hydrogens is 258 g/mol. The fraction of sp³-hybridized carbons (Fsp3) is 0. The molecule has 6 nitrogen and oxygen atoms in total. The van der Waals surface area contributed by atoms with Crippen molar-refractivity contribution >= 4 is 34.1 Å². The van der Waals surface area contributed by atoms with Crippen molar-refractivity contribution in [2.24, 2.45) is 0 Å². The van der Waals surface area contributed by atoms with Crippen LogP contribution in [0.15, 0.2) is 29.2 Å². The second-order valence-corrected chi connectivity index (χ2v) is 4.18. The predicted molar refractivity (Wildman–Crippen MR) is 65.3 cm³/mol. The molecule has 2 N–H and O–H groups in total. The lowest BCUT2D eigenvalue weighted by Gasteiger charge is -2.01. The van der Waals surface area contributed by atoms with Crippen LogP contribution in [0.2, 0.25) is 5.02 Å². The van der Waals surface area contributed by atoms with Gasteiger partial charge in [-0.25, -0.2) is 9.31 Å². The third kappa shape index (κ3) is 1.39. The Morgan fingerprint density at radius 3 is 2.94 bits per heavy atom. The van der Waals surface area contributed by atoms with Gasteiger partial charge in [0.25, 0.3) is 5.56 Å².